The second kappa shape index (κ2) is 23.8. The second-order valence-electron chi connectivity index (χ2n) is 0. The molecular weight excluding hydrogens is 175 g/mol. The zero-order chi connectivity index (χ0) is 2.00. The summed E-state index contributed by atoms with van der Waals surface area (Å²) in [7, 11) is 0. The molecule has 0 aromatic heterocycles. The van der Waals surface area contributed by atoms with E-state index < -0.39 is 0 Å². The average molecular weight is 175 g/mol. The summed E-state index contributed by atoms with van der Waals surface area (Å²) in [6.45, 7) is 0. The van der Waals surface area contributed by atoms with Gasteiger partial charge in [0.2, 0.25) is 0 Å². The van der Waals surface area contributed by atoms with E-state index in [4.69, 9.17) is 3.32 Å². The van der Waals surface area contributed by atoms with Gasteiger partial charge in [0.15, 0.2) is 0 Å². The fourth-order valence-corrected chi connectivity index (χ4v) is 0. The summed E-state index contributed by atoms with van der Waals surface area (Å²) in [5, 5.41) is 0. The summed E-state index contributed by atoms with van der Waals surface area (Å²) in [6.07, 6.45) is 0. The summed E-state index contributed by atoms with van der Waals surface area (Å²) in [6, 6.07) is 0. The van der Waals surface area contributed by atoms with Crippen molar-refractivity contribution in [2.75, 3.05) is 0 Å². The molecule has 0 aromatic carbocycles. The molecule has 1 nitrogen and oxygen atoms in total. The summed E-state index contributed by atoms with van der Waals surface area (Å²) in [4.78, 5) is 0. The molecule has 0 aliphatic heterocycles. The molecule has 0 fully saturated rings. The molecule has 0 saturated heterocycles. The number of rotatable bonds is 0. The Labute approximate surface area is 57.6 Å². The van der Waals surface area contributed by atoms with Crippen molar-refractivity contribution in [3.05, 3.63) is 0 Å². The van der Waals surface area contributed by atoms with Crippen LogP contribution in [0.1, 0.15) is 0 Å². The molecule has 0 amide bonds. The third kappa shape index (κ3) is 9.60. The molecule has 0 rings (SSSR count). The van der Waals surface area contributed by atoms with Crippen LogP contribution in [0, 0.1) is 0 Å². The van der Waals surface area contributed by atoms with Crippen LogP contribution in [0.25, 0.3) is 0 Å². The molecule has 0 spiro atoms. The molecule has 0 aromatic rings. The van der Waals surface area contributed by atoms with E-state index in [1.807, 2.05) is 0 Å². The van der Waals surface area contributed by atoms with Gasteiger partial charge >= 0.3 is 23.7 Å². The first kappa shape index (κ1) is 17.7. The van der Waals surface area contributed by atoms with Gasteiger partial charge in [-0.25, -0.2) is 0 Å². The van der Waals surface area contributed by atoms with Gasteiger partial charge in [0, 0.05) is 34.1 Å². The Bertz CT molecular complexity index is 8.00. The van der Waals surface area contributed by atoms with Crippen LogP contribution >= 0.6 is 0 Å². The summed E-state index contributed by atoms with van der Waals surface area (Å²) in [5.41, 5.74) is 0. The van der Waals surface area contributed by atoms with E-state index in [0.717, 1.165) is 20.4 Å². The third-order valence-corrected chi connectivity index (χ3v) is 0. The fraction of sp³-hybridized carbons (Fsp3) is 0. The van der Waals surface area contributed by atoms with Gasteiger partial charge in [-0.15, -0.1) is 0 Å². The Morgan fingerprint density at radius 2 is 1.25 bits per heavy atom. The SMILES string of the molecule is [Fe].[Mn].[O]=[Ti]. The molecule has 0 saturated carbocycles. The van der Waals surface area contributed by atoms with Crippen LogP contribution in [0.4, 0.5) is 0 Å². The molecule has 0 aliphatic rings. The van der Waals surface area contributed by atoms with Crippen LogP contribution < -0.4 is 0 Å². The van der Waals surface area contributed by atoms with Gasteiger partial charge in [-0.2, -0.15) is 0 Å². The standard InChI is InChI=1S/Fe.Mn.O.Ti. The van der Waals surface area contributed by atoms with Crippen molar-refractivity contribution >= 4 is 0 Å². The molecule has 4 heavy (non-hydrogen) atoms. The van der Waals surface area contributed by atoms with Gasteiger partial charge in [-0.3, -0.25) is 0 Å². The molecule has 25 valence electrons. The van der Waals surface area contributed by atoms with Crippen molar-refractivity contribution in [2.24, 2.45) is 0 Å². The first-order valence-electron chi connectivity index (χ1n) is 0.204. The van der Waals surface area contributed by atoms with Crippen LogP contribution in [0.2, 0.25) is 0 Å². The van der Waals surface area contributed by atoms with E-state index in [1.165, 1.54) is 0 Å². The van der Waals surface area contributed by atoms with Crippen molar-refractivity contribution < 1.29 is 57.9 Å². The minimum atomic E-state index is 0. The zero-order valence-electron chi connectivity index (χ0n) is 1.64. The van der Waals surface area contributed by atoms with Gasteiger partial charge < -0.3 is 0 Å². The summed E-state index contributed by atoms with van der Waals surface area (Å²) in [5.74, 6) is 0. The van der Waals surface area contributed by atoms with E-state index >= 15 is 0 Å². The first-order valence-corrected chi connectivity index (χ1v) is 0.842. The van der Waals surface area contributed by atoms with Crippen LogP contribution in [0.15, 0.2) is 0 Å². The average Bonchev–Trinajstić information content (AvgIpc) is 1.00. The fourth-order valence-electron chi connectivity index (χ4n) is 0. The Morgan fingerprint density at radius 3 is 1.25 bits per heavy atom. The Morgan fingerprint density at radius 1 is 1.25 bits per heavy atom. The van der Waals surface area contributed by atoms with Gasteiger partial charge in [0.1, 0.15) is 0 Å². The molecule has 0 N–H and O–H groups in total. The predicted octanol–water partition coefficient (Wildman–Crippen LogP) is -0.126. The first-order chi connectivity index (χ1) is 1.00. The van der Waals surface area contributed by atoms with Crippen molar-refractivity contribution in [3.8, 4) is 0 Å². The Kier molecular flexibility index (Phi) is 105. The van der Waals surface area contributed by atoms with E-state index in [9.17, 15) is 0 Å². The van der Waals surface area contributed by atoms with Gasteiger partial charge in [0.25, 0.3) is 0 Å². The van der Waals surface area contributed by atoms with Crippen molar-refractivity contribution in [2.45, 2.75) is 0 Å². The number of hydrogen-bond acceptors (Lipinski definition) is 1. The van der Waals surface area contributed by atoms with Crippen LogP contribution in [-0.2, 0) is 57.9 Å². The van der Waals surface area contributed by atoms with Gasteiger partial charge in [-0.05, 0) is 0 Å². The molecule has 0 bridgehead atoms. The Hall–Kier alpha value is 1.55. The van der Waals surface area contributed by atoms with E-state index in [-0.39, 0.29) is 34.1 Å². The summed E-state index contributed by atoms with van der Waals surface area (Å²) >= 11 is 0.750. The van der Waals surface area contributed by atoms with E-state index in [0.29, 0.717) is 0 Å². The summed E-state index contributed by atoms with van der Waals surface area (Å²) < 4.78 is 8.25. The van der Waals surface area contributed by atoms with Crippen molar-refractivity contribution in [1.82, 2.24) is 0 Å². The second-order valence-corrected chi connectivity index (χ2v) is 0. The molecule has 0 aliphatic carbocycles. The molecule has 1 radical (unpaired) electrons. The van der Waals surface area contributed by atoms with Crippen LogP contribution in [0.5, 0.6) is 0 Å². The monoisotopic (exact) mass is 175 g/mol. The molecule has 0 heterocycles. The molecular formula is FeMnOTi. The topological polar surface area (TPSA) is 17.1 Å². The normalized spacial score (nSPS) is 0.750. The predicted molar refractivity (Wildman–Crippen MR) is 0.686 cm³/mol. The van der Waals surface area contributed by atoms with Crippen molar-refractivity contribution in [3.63, 3.8) is 0 Å². The molecule has 0 unspecified atom stereocenters. The maximum atomic E-state index is 8.25. The van der Waals surface area contributed by atoms with Crippen molar-refractivity contribution in [1.29, 1.82) is 0 Å². The third-order valence-electron chi connectivity index (χ3n) is 0. The van der Waals surface area contributed by atoms with E-state index in [1.54, 1.807) is 0 Å². The van der Waals surface area contributed by atoms with E-state index in [2.05, 4.69) is 0 Å². The quantitative estimate of drug-likeness (QED) is 0.468. The van der Waals surface area contributed by atoms with Gasteiger partial charge in [-0.1, -0.05) is 0 Å². The maximum absolute atomic E-state index is 8.25. The van der Waals surface area contributed by atoms with Crippen LogP contribution in [0.3, 0.4) is 0 Å². The van der Waals surface area contributed by atoms with Gasteiger partial charge in [0.05, 0.1) is 0 Å². The van der Waals surface area contributed by atoms with Crippen LogP contribution in [-0.4, -0.2) is 0 Å². The zero-order valence-corrected chi connectivity index (χ0v) is 5.49. The Balaban J connectivity index is -0.00000000500. The number of hydrogen-bond donors (Lipinski definition) is 0. The minimum absolute atomic E-state index is 0. The molecule has 0 atom stereocenters. The molecule has 4 heteroatoms.